The van der Waals surface area contributed by atoms with Gasteiger partial charge in [0.05, 0.1) is 36.6 Å². The summed E-state index contributed by atoms with van der Waals surface area (Å²) in [5.74, 6) is 1.58. The molecule has 0 aliphatic carbocycles. The van der Waals surface area contributed by atoms with Crippen molar-refractivity contribution in [1.29, 1.82) is 0 Å². The smallest absolute Gasteiger partial charge is 0.286 e. The molecule has 0 saturated heterocycles. The fourth-order valence-corrected chi connectivity index (χ4v) is 4.45. The number of nitrogens with zero attached hydrogens (tertiary/aromatic N) is 3. The lowest BCUT2D eigenvalue weighted by Crippen LogP contribution is -2.18. The molecule has 11 heteroatoms. The maximum atomic E-state index is 13.2. The summed E-state index contributed by atoms with van der Waals surface area (Å²) in [6.07, 6.45) is 0. The van der Waals surface area contributed by atoms with E-state index < -0.39 is 16.5 Å². The highest BCUT2D eigenvalue weighted by Gasteiger charge is 2.29. The van der Waals surface area contributed by atoms with Gasteiger partial charge in [0, 0.05) is 28.2 Å². The first-order valence-corrected chi connectivity index (χ1v) is 10.6. The van der Waals surface area contributed by atoms with Crippen LogP contribution in [0.15, 0.2) is 36.4 Å². The lowest BCUT2D eigenvalue weighted by atomic mass is 10.1. The number of nitrogens with one attached hydrogen (secondary N) is 1. The molecule has 2 heterocycles. The number of nitro benzene ring substituents is 1. The van der Waals surface area contributed by atoms with E-state index in [1.54, 1.807) is 40.7 Å². The molecule has 0 spiro atoms. The van der Waals surface area contributed by atoms with Crippen LogP contribution in [0, 0.1) is 10.1 Å². The molecule has 31 heavy (non-hydrogen) atoms. The summed E-state index contributed by atoms with van der Waals surface area (Å²) in [6, 6.07) is 9.49. The number of anilines is 1. The van der Waals surface area contributed by atoms with E-state index in [-0.39, 0.29) is 17.1 Å². The van der Waals surface area contributed by atoms with Gasteiger partial charge in [-0.3, -0.25) is 14.9 Å². The number of hydrogen-bond donors (Lipinski definition) is 1. The molecule has 9 nitrogen and oxygen atoms in total. The highest BCUT2D eigenvalue weighted by Crippen LogP contribution is 2.38. The van der Waals surface area contributed by atoms with Crippen LogP contribution >= 0.6 is 23.4 Å². The largest absolute Gasteiger partial charge is 0.493 e. The van der Waals surface area contributed by atoms with Crippen LogP contribution in [0.1, 0.15) is 21.6 Å². The first-order chi connectivity index (χ1) is 14.9. The Balaban J connectivity index is 1.78. The maximum Gasteiger partial charge on any atom is 0.286 e. The van der Waals surface area contributed by atoms with Gasteiger partial charge in [0.25, 0.3) is 11.6 Å². The molecular weight excluding hydrogens is 444 g/mol. The van der Waals surface area contributed by atoms with Crippen molar-refractivity contribution in [2.75, 3.05) is 19.5 Å². The minimum atomic E-state index is -0.650. The number of benzene rings is 2. The summed E-state index contributed by atoms with van der Waals surface area (Å²) < 4.78 is 12.0. The Labute approximate surface area is 186 Å². The number of methoxy groups -OCH3 is 2. The highest BCUT2D eigenvalue weighted by molar-refractivity contribution is 7.98. The maximum absolute atomic E-state index is 13.2. The predicted molar refractivity (Wildman–Crippen MR) is 118 cm³/mol. The van der Waals surface area contributed by atoms with Crippen LogP contribution in [0.5, 0.6) is 11.5 Å². The van der Waals surface area contributed by atoms with Crippen molar-refractivity contribution >= 4 is 40.8 Å². The van der Waals surface area contributed by atoms with Crippen molar-refractivity contribution in [2.45, 2.75) is 11.5 Å². The number of hydrogen-bond acceptors (Lipinski definition) is 7. The van der Waals surface area contributed by atoms with Gasteiger partial charge in [0.2, 0.25) is 0 Å². The minimum Gasteiger partial charge on any atom is -0.493 e. The third kappa shape index (κ3) is 3.91. The van der Waals surface area contributed by atoms with Crippen LogP contribution in [-0.4, -0.2) is 34.8 Å². The van der Waals surface area contributed by atoms with Gasteiger partial charge < -0.3 is 14.8 Å². The molecule has 1 aliphatic heterocycles. The van der Waals surface area contributed by atoms with Gasteiger partial charge in [-0.1, -0.05) is 11.6 Å². The van der Waals surface area contributed by atoms with Crippen LogP contribution in [0.3, 0.4) is 0 Å². The lowest BCUT2D eigenvalue weighted by molar-refractivity contribution is -0.385. The number of carbonyl (C=O) groups is 1. The second kappa shape index (κ2) is 8.48. The number of fused-ring (bicyclic) bond motifs is 1. The number of thioether (sulfide) groups is 1. The fraction of sp³-hybridized carbons (Fsp3) is 0.200. The van der Waals surface area contributed by atoms with Crippen LogP contribution in [0.2, 0.25) is 5.02 Å². The van der Waals surface area contributed by atoms with E-state index in [1.165, 1.54) is 26.4 Å². The van der Waals surface area contributed by atoms with Crippen LogP contribution in [0.4, 0.5) is 11.5 Å². The van der Waals surface area contributed by atoms with Gasteiger partial charge in [0.1, 0.15) is 11.4 Å². The summed E-state index contributed by atoms with van der Waals surface area (Å²) in [6.45, 7) is 0. The standard InChI is InChI=1S/C20H17ClN4O5S/c1-29-17-7-13(16(25(27)28)8-18(17)30-2)20(26)22-19-14-9-31-10-15(14)23-24(19)12-5-3-11(21)4-6-12/h3-8H,9-10H2,1-2H3,(H,22,26). The number of carbonyl (C=O) groups excluding carboxylic acids is 1. The Morgan fingerprint density at radius 3 is 2.52 bits per heavy atom. The number of aromatic nitrogens is 2. The van der Waals surface area contributed by atoms with Gasteiger partial charge in [-0.15, -0.1) is 0 Å². The summed E-state index contributed by atoms with van der Waals surface area (Å²) in [4.78, 5) is 24.1. The third-order valence-corrected chi connectivity index (χ3v) is 6.02. The van der Waals surface area contributed by atoms with Crippen molar-refractivity contribution in [3.8, 4) is 17.2 Å². The Bertz CT molecular complexity index is 1180. The molecule has 0 unspecified atom stereocenters. The van der Waals surface area contributed by atoms with E-state index in [9.17, 15) is 14.9 Å². The lowest BCUT2D eigenvalue weighted by Gasteiger charge is -2.13. The Morgan fingerprint density at radius 2 is 1.87 bits per heavy atom. The first-order valence-electron chi connectivity index (χ1n) is 9.09. The van der Waals surface area contributed by atoms with Crippen molar-refractivity contribution < 1.29 is 19.2 Å². The zero-order chi connectivity index (χ0) is 22.1. The van der Waals surface area contributed by atoms with Crippen molar-refractivity contribution in [2.24, 2.45) is 0 Å². The summed E-state index contributed by atoms with van der Waals surface area (Å²) in [7, 11) is 2.76. The molecule has 1 amide bonds. The minimum absolute atomic E-state index is 0.147. The fourth-order valence-electron chi connectivity index (χ4n) is 3.29. The van der Waals surface area contributed by atoms with Gasteiger partial charge in [0.15, 0.2) is 11.5 Å². The normalized spacial score (nSPS) is 12.4. The number of nitro groups is 1. The van der Waals surface area contributed by atoms with Gasteiger partial charge >= 0.3 is 0 Å². The Hall–Kier alpha value is -3.24. The van der Waals surface area contributed by atoms with Crippen molar-refractivity contribution in [1.82, 2.24) is 9.78 Å². The van der Waals surface area contributed by atoms with Crippen LogP contribution in [0.25, 0.3) is 5.69 Å². The number of rotatable bonds is 6. The molecule has 0 radical (unpaired) electrons. The number of amides is 1. The Morgan fingerprint density at radius 1 is 1.19 bits per heavy atom. The van der Waals surface area contributed by atoms with Crippen LogP contribution < -0.4 is 14.8 Å². The third-order valence-electron chi connectivity index (χ3n) is 4.80. The molecule has 0 atom stereocenters. The molecule has 0 bridgehead atoms. The van der Waals surface area contributed by atoms with E-state index >= 15 is 0 Å². The molecule has 1 aromatic heterocycles. The molecule has 1 aliphatic rings. The van der Waals surface area contributed by atoms with E-state index in [0.29, 0.717) is 22.3 Å². The van der Waals surface area contributed by atoms with E-state index in [0.717, 1.165) is 17.0 Å². The molecular formula is C20H17ClN4O5S. The van der Waals surface area contributed by atoms with E-state index in [2.05, 4.69) is 10.4 Å². The van der Waals surface area contributed by atoms with Crippen LogP contribution in [-0.2, 0) is 11.5 Å². The predicted octanol–water partition coefficient (Wildman–Crippen LogP) is 4.45. The summed E-state index contributed by atoms with van der Waals surface area (Å²) in [5.41, 5.74) is 1.92. The number of halogens is 1. The molecule has 3 aromatic rings. The van der Waals surface area contributed by atoms with Crippen molar-refractivity contribution in [3.63, 3.8) is 0 Å². The van der Waals surface area contributed by atoms with Gasteiger partial charge in [-0.2, -0.15) is 16.9 Å². The average Bonchev–Trinajstić information content (AvgIpc) is 3.35. The number of ether oxygens (including phenoxy) is 2. The SMILES string of the molecule is COc1cc(C(=O)Nc2c3c(nn2-c2ccc(Cl)cc2)CSC3)c([N+](=O)[O-])cc1OC. The molecule has 160 valence electrons. The molecule has 2 aromatic carbocycles. The quantitative estimate of drug-likeness (QED) is 0.427. The van der Waals surface area contributed by atoms with E-state index in [1.807, 2.05) is 0 Å². The van der Waals surface area contributed by atoms with E-state index in [4.69, 9.17) is 21.1 Å². The topological polar surface area (TPSA) is 109 Å². The molecule has 0 saturated carbocycles. The average molecular weight is 461 g/mol. The van der Waals surface area contributed by atoms with Gasteiger partial charge in [-0.05, 0) is 24.3 Å². The molecule has 1 N–H and O–H groups in total. The Kier molecular flexibility index (Phi) is 5.75. The zero-order valence-corrected chi connectivity index (χ0v) is 18.1. The van der Waals surface area contributed by atoms with Gasteiger partial charge in [-0.25, -0.2) is 4.68 Å². The monoisotopic (exact) mass is 460 g/mol. The zero-order valence-electron chi connectivity index (χ0n) is 16.5. The summed E-state index contributed by atoms with van der Waals surface area (Å²) in [5, 5.41) is 19.6. The van der Waals surface area contributed by atoms with Crippen molar-refractivity contribution in [3.05, 3.63) is 68.4 Å². The second-order valence-electron chi connectivity index (χ2n) is 6.59. The second-order valence-corrected chi connectivity index (χ2v) is 8.01. The summed E-state index contributed by atoms with van der Waals surface area (Å²) >= 11 is 7.67. The molecule has 0 fully saturated rings. The first kappa shape index (κ1) is 21.0. The molecule has 4 rings (SSSR count). The highest BCUT2D eigenvalue weighted by atomic mass is 35.5.